The summed E-state index contributed by atoms with van der Waals surface area (Å²) in [6.07, 6.45) is 2.03. The van der Waals surface area contributed by atoms with E-state index in [0.717, 1.165) is 25.9 Å². The van der Waals surface area contributed by atoms with Gasteiger partial charge >= 0.3 is 5.97 Å². The minimum Gasteiger partial charge on any atom is -0.464 e. The maximum absolute atomic E-state index is 11.8. The van der Waals surface area contributed by atoms with Crippen LogP contribution in [0.15, 0.2) is 0 Å². The molecule has 0 aromatic carbocycles. The molecular weight excluding hydrogens is 240 g/mol. The number of nitrogens with zero attached hydrogens (tertiary/aromatic N) is 1. The fraction of sp³-hybridized carbons (Fsp3) is 0.818. The van der Waals surface area contributed by atoms with Crippen LogP contribution in [0.5, 0.6) is 0 Å². The van der Waals surface area contributed by atoms with E-state index in [9.17, 15) is 9.59 Å². The number of hydrogen-bond acceptors (Lipinski definition) is 5. The van der Waals surface area contributed by atoms with E-state index in [4.69, 9.17) is 4.74 Å². The molecule has 5 nitrogen and oxygen atoms in total. The Balaban J connectivity index is 2.74. The van der Waals surface area contributed by atoms with Gasteiger partial charge in [0.15, 0.2) is 0 Å². The number of likely N-dealkylation sites (tertiary alicyclic amines) is 1. The highest BCUT2D eigenvalue weighted by Crippen LogP contribution is 2.32. The molecule has 0 radical (unpaired) electrons. The fourth-order valence-corrected chi connectivity index (χ4v) is 2.41. The first-order valence-corrected chi connectivity index (χ1v) is 6.25. The largest absolute Gasteiger partial charge is 0.464 e. The Morgan fingerprint density at radius 1 is 1.59 bits per heavy atom. The molecule has 1 heterocycles. The highest BCUT2D eigenvalue weighted by molar-refractivity contribution is 7.82. The van der Waals surface area contributed by atoms with Crippen molar-refractivity contribution < 1.29 is 14.3 Å². The van der Waals surface area contributed by atoms with E-state index in [1.54, 1.807) is 6.92 Å². The molecule has 1 unspecified atom stereocenters. The second-order valence-electron chi connectivity index (χ2n) is 4.38. The Kier molecular flexibility index (Phi) is 5.27. The molecule has 98 valence electrons. The number of carbonyl (C=O) groups is 2. The standard InChI is InChI=1S/C11H20N2O3S/c1-3-16-10(15)9(12-8-14)11(17)4-6-13(2)7-5-11/h8-9,17H,3-7H2,1-2H3,(H,12,14). The van der Waals surface area contributed by atoms with Gasteiger partial charge in [-0.3, -0.25) is 4.79 Å². The van der Waals surface area contributed by atoms with Gasteiger partial charge in [-0.05, 0) is 39.9 Å². The molecule has 0 spiro atoms. The Hall–Kier alpha value is -0.750. The summed E-state index contributed by atoms with van der Waals surface area (Å²) in [6, 6.07) is -0.669. The van der Waals surface area contributed by atoms with Gasteiger partial charge in [0.25, 0.3) is 0 Å². The van der Waals surface area contributed by atoms with E-state index in [1.165, 1.54) is 0 Å². The maximum Gasteiger partial charge on any atom is 0.330 e. The second-order valence-corrected chi connectivity index (χ2v) is 5.27. The van der Waals surface area contributed by atoms with E-state index >= 15 is 0 Å². The summed E-state index contributed by atoms with van der Waals surface area (Å²) >= 11 is 4.60. The van der Waals surface area contributed by atoms with Crippen LogP contribution in [0.4, 0.5) is 0 Å². The van der Waals surface area contributed by atoms with Gasteiger partial charge < -0.3 is 15.0 Å². The van der Waals surface area contributed by atoms with Gasteiger partial charge in [0.05, 0.1) is 6.61 Å². The number of piperidine rings is 1. The Bertz CT molecular complexity index is 278. The van der Waals surface area contributed by atoms with Crippen molar-refractivity contribution in [2.24, 2.45) is 0 Å². The lowest BCUT2D eigenvalue weighted by atomic mass is 9.88. The van der Waals surface area contributed by atoms with Crippen LogP contribution in [0.1, 0.15) is 19.8 Å². The van der Waals surface area contributed by atoms with Crippen LogP contribution < -0.4 is 5.32 Å². The molecule has 1 aliphatic heterocycles. The third kappa shape index (κ3) is 3.61. The van der Waals surface area contributed by atoms with Gasteiger partial charge in [-0.25, -0.2) is 4.79 Å². The molecule has 1 N–H and O–H groups in total. The summed E-state index contributed by atoms with van der Waals surface area (Å²) in [7, 11) is 2.03. The molecule has 1 atom stereocenters. The number of rotatable bonds is 5. The van der Waals surface area contributed by atoms with Crippen molar-refractivity contribution in [3.05, 3.63) is 0 Å². The molecule has 0 aliphatic carbocycles. The Morgan fingerprint density at radius 3 is 2.65 bits per heavy atom. The zero-order valence-corrected chi connectivity index (χ0v) is 11.2. The quantitative estimate of drug-likeness (QED) is 0.417. The van der Waals surface area contributed by atoms with Crippen molar-refractivity contribution >= 4 is 25.0 Å². The predicted molar refractivity (Wildman–Crippen MR) is 68.1 cm³/mol. The summed E-state index contributed by atoms with van der Waals surface area (Å²) in [6.45, 7) is 3.77. The predicted octanol–water partition coefficient (Wildman–Crippen LogP) is 0.0583. The van der Waals surface area contributed by atoms with Crippen molar-refractivity contribution in [2.45, 2.75) is 30.6 Å². The summed E-state index contributed by atoms with van der Waals surface area (Å²) in [5.41, 5.74) is 0. The average molecular weight is 260 g/mol. The van der Waals surface area contributed by atoms with Crippen molar-refractivity contribution in [2.75, 3.05) is 26.7 Å². The minimum absolute atomic E-state index is 0.305. The van der Waals surface area contributed by atoms with E-state index in [0.29, 0.717) is 13.0 Å². The molecule has 1 rings (SSSR count). The first kappa shape index (κ1) is 14.3. The monoisotopic (exact) mass is 260 g/mol. The minimum atomic E-state index is -0.669. The Morgan fingerprint density at radius 2 is 2.18 bits per heavy atom. The van der Waals surface area contributed by atoms with Crippen LogP contribution in [-0.4, -0.2) is 54.8 Å². The zero-order chi connectivity index (χ0) is 12.9. The SMILES string of the molecule is CCOC(=O)C(NC=O)C1(S)CCN(C)CC1. The van der Waals surface area contributed by atoms with Gasteiger partial charge in [-0.2, -0.15) is 12.6 Å². The molecule has 1 amide bonds. The lowest BCUT2D eigenvalue weighted by Crippen LogP contribution is -2.56. The number of amides is 1. The molecule has 0 aromatic rings. The van der Waals surface area contributed by atoms with Gasteiger partial charge in [-0.1, -0.05) is 0 Å². The van der Waals surface area contributed by atoms with Crippen LogP contribution in [-0.2, 0) is 14.3 Å². The summed E-state index contributed by atoms with van der Waals surface area (Å²) in [4.78, 5) is 24.6. The van der Waals surface area contributed by atoms with Crippen LogP contribution >= 0.6 is 12.6 Å². The van der Waals surface area contributed by atoms with Crippen LogP contribution in [0.2, 0.25) is 0 Å². The third-order valence-corrected chi connectivity index (χ3v) is 3.85. The normalized spacial score (nSPS) is 21.6. The number of nitrogens with one attached hydrogen (secondary N) is 1. The number of thiol groups is 1. The number of esters is 1. The average Bonchev–Trinajstić information content (AvgIpc) is 2.30. The van der Waals surface area contributed by atoms with Gasteiger partial charge in [0.1, 0.15) is 6.04 Å². The van der Waals surface area contributed by atoms with Crippen LogP contribution in [0, 0.1) is 0 Å². The molecule has 1 saturated heterocycles. The van der Waals surface area contributed by atoms with Gasteiger partial charge in [0, 0.05) is 4.75 Å². The molecule has 0 saturated carbocycles. The smallest absolute Gasteiger partial charge is 0.330 e. The summed E-state index contributed by atoms with van der Waals surface area (Å²) in [5.74, 6) is -0.404. The molecule has 17 heavy (non-hydrogen) atoms. The number of ether oxygens (including phenoxy) is 1. The van der Waals surface area contributed by atoms with Gasteiger partial charge in [-0.15, -0.1) is 0 Å². The van der Waals surface area contributed by atoms with E-state index in [-0.39, 0.29) is 0 Å². The van der Waals surface area contributed by atoms with Crippen LogP contribution in [0.25, 0.3) is 0 Å². The lowest BCUT2D eigenvalue weighted by molar-refractivity contribution is -0.147. The molecule has 1 fully saturated rings. The third-order valence-electron chi connectivity index (χ3n) is 3.15. The number of hydrogen-bond donors (Lipinski definition) is 2. The topological polar surface area (TPSA) is 58.6 Å². The van der Waals surface area contributed by atoms with E-state index in [2.05, 4.69) is 22.8 Å². The fourth-order valence-electron chi connectivity index (χ4n) is 2.03. The zero-order valence-electron chi connectivity index (χ0n) is 10.3. The van der Waals surface area contributed by atoms with Gasteiger partial charge in [0.2, 0.25) is 6.41 Å². The molecular formula is C11H20N2O3S. The highest BCUT2D eigenvalue weighted by atomic mass is 32.1. The lowest BCUT2D eigenvalue weighted by Gasteiger charge is -2.40. The van der Waals surface area contributed by atoms with E-state index in [1.807, 2.05) is 7.05 Å². The summed E-state index contributed by atoms with van der Waals surface area (Å²) in [5, 5.41) is 2.54. The molecule has 1 aliphatic rings. The first-order valence-electron chi connectivity index (χ1n) is 5.80. The Labute approximate surface area is 107 Å². The van der Waals surface area contributed by atoms with Crippen molar-refractivity contribution in [1.29, 1.82) is 0 Å². The summed E-state index contributed by atoms with van der Waals surface area (Å²) < 4.78 is 4.46. The molecule has 0 aromatic heterocycles. The number of carbonyl (C=O) groups excluding carboxylic acids is 2. The maximum atomic E-state index is 11.8. The van der Waals surface area contributed by atoms with Crippen molar-refractivity contribution in [3.63, 3.8) is 0 Å². The second kappa shape index (κ2) is 6.26. The van der Waals surface area contributed by atoms with Crippen LogP contribution in [0.3, 0.4) is 0 Å². The highest BCUT2D eigenvalue weighted by Gasteiger charge is 2.42. The molecule has 6 heteroatoms. The first-order chi connectivity index (χ1) is 8.03. The van der Waals surface area contributed by atoms with Crippen molar-refractivity contribution in [1.82, 2.24) is 10.2 Å². The molecule has 0 bridgehead atoms. The van der Waals surface area contributed by atoms with Crippen molar-refractivity contribution in [3.8, 4) is 0 Å². The van der Waals surface area contributed by atoms with E-state index < -0.39 is 16.8 Å².